The van der Waals surface area contributed by atoms with E-state index in [2.05, 4.69) is 0 Å². The van der Waals surface area contributed by atoms with Crippen LogP contribution in [0.5, 0.6) is 0 Å². The fraction of sp³-hybridized carbons (Fsp3) is 0.286. The smallest absolute Gasteiger partial charge is 0.170 e. The number of likely N-dealkylation sites (N-methyl/N-ethyl adjacent to an activating group) is 2. The average Bonchev–Trinajstić information content (AvgIpc) is 2.38. The van der Waals surface area contributed by atoms with Gasteiger partial charge in [0.15, 0.2) is 12.1 Å². The van der Waals surface area contributed by atoms with Crippen molar-refractivity contribution in [1.29, 1.82) is 0 Å². The molecule has 0 heterocycles. The van der Waals surface area contributed by atoms with Gasteiger partial charge in [0.2, 0.25) is 0 Å². The van der Waals surface area contributed by atoms with Crippen molar-refractivity contribution in [3.8, 4) is 0 Å². The van der Waals surface area contributed by atoms with E-state index in [4.69, 9.17) is 0 Å². The lowest BCUT2D eigenvalue weighted by Gasteiger charge is -2.42. The van der Waals surface area contributed by atoms with Crippen LogP contribution in [0.4, 0.5) is 0 Å². The lowest BCUT2D eigenvalue weighted by atomic mass is 9.80. The summed E-state index contributed by atoms with van der Waals surface area (Å²) in [5.74, 6) is 0. The van der Waals surface area contributed by atoms with Gasteiger partial charge in [0, 0.05) is 11.1 Å². The summed E-state index contributed by atoms with van der Waals surface area (Å²) in [5, 5.41) is 26.1. The number of hydrogen-bond acceptors (Lipinski definition) is 2. The van der Waals surface area contributed by atoms with Crippen LogP contribution < -0.4 is 10.1 Å². The molecule has 94 valence electrons. The third kappa shape index (κ3) is 1.47. The van der Waals surface area contributed by atoms with Gasteiger partial charge in [0.05, 0.1) is 14.1 Å². The molecule has 0 saturated carbocycles. The summed E-state index contributed by atoms with van der Waals surface area (Å²) in [6, 6.07) is 11.4. The zero-order valence-corrected chi connectivity index (χ0v) is 10.4. The molecule has 0 aliphatic heterocycles. The molecule has 0 spiro atoms. The van der Waals surface area contributed by atoms with E-state index in [1.54, 1.807) is 14.1 Å². The van der Waals surface area contributed by atoms with Crippen molar-refractivity contribution >= 4 is 10.8 Å². The van der Waals surface area contributed by atoms with Crippen LogP contribution in [0.15, 0.2) is 36.4 Å². The molecular weight excluding hydrogens is 228 g/mol. The third-order valence-electron chi connectivity index (χ3n) is 3.87. The van der Waals surface area contributed by atoms with E-state index in [1.165, 1.54) is 0 Å². The van der Waals surface area contributed by atoms with Gasteiger partial charge in [-0.15, -0.1) is 0 Å². The van der Waals surface area contributed by atoms with Crippen molar-refractivity contribution in [3.05, 3.63) is 57.9 Å². The second-order valence-electron chi connectivity index (χ2n) is 4.97. The highest BCUT2D eigenvalue weighted by atomic mass is 16.5. The molecule has 0 amide bonds. The number of fused-ring (bicyclic) bond motifs is 2. The highest BCUT2D eigenvalue weighted by Gasteiger charge is 2.39. The Labute approximate surface area is 106 Å². The first-order valence-corrected chi connectivity index (χ1v) is 6.13. The third-order valence-corrected chi connectivity index (χ3v) is 3.87. The van der Waals surface area contributed by atoms with E-state index >= 15 is 0 Å². The fourth-order valence-corrected chi connectivity index (χ4v) is 3.15. The minimum atomic E-state index is -0.294. The molecule has 2 bridgehead atoms. The fourth-order valence-electron chi connectivity index (χ4n) is 3.15. The van der Waals surface area contributed by atoms with Gasteiger partial charge in [0.1, 0.15) is 0 Å². The summed E-state index contributed by atoms with van der Waals surface area (Å²) in [4.78, 5) is 0. The van der Waals surface area contributed by atoms with Gasteiger partial charge in [-0.2, -0.15) is 0 Å². The lowest BCUT2D eigenvalue weighted by Crippen LogP contribution is -3.14. The minimum absolute atomic E-state index is 0.0709. The normalized spacial score (nSPS) is 25.3. The zero-order valence-electron chi connectivity index (χ0n) is 10.4. The van der Waals surface area contributed by atoms with Crippen LogP contribution in [0.25, 0.3) is 10.8 Å². The molecule has 2 aliphatic rings. The quantitative estimate of drug-likeness (QED) is 0.728. The Morgan fingerprint density at radius 3 is 1.50 bits per heavy atom. The first-order valence-electron chi connectivity index (χ1n) is 6.13. The Bertz CT molecular complexity index is 543. The predicted molar refractivity (Wildman–Crippen MR) is 69.9 cm³/mol. The molecule has 2 N–H and O–H groups in total. The molecule has 0 saturated heterocycles. The Morgan fingerprint density at radius 1 is 0.778 bits per heavy atom. The molecule has 4 heteroatoms. The van der Waals surface area contributed by atoms with E-state index in [0.29, 0.717) is 0 Å². The first-order chi connectivity index (χ1) is 8.61. The average molecular weight is 244 g/mol. The van der Waals surface area contributed by atoms with Gasteiger partial charge in [-0.25, -0.2) is 0 Å². The van der Waals surface area contributed by atoms with Crippen LogP contribution in [-0.2, 0) is 0 Å². The number of quaternary nitrogens is 2. The highest BCUT2D eigenvalue weighted by molar-refractivity contribution is 5.91. The molecule has 4 nitrogen and oxygen atoms in total. The van der Waals surface area contributed by atoms with Gasteiger partial charge in [-0.3, -0.25) is 0 Å². The Morgan fingerprint density at radius 2 is 1.17 bits per heavy atom. The Balaban J connectivity index is 2.32. The van der Waals surface area contributed by atoms with Gasteiger partial charge >= 0.3 is 0 Å². The van der Waals surface area contributed by atoms with Gasteiger partial charge in [-0.05, 0) is 10.8 Å². The van der Waals surface area contributed by atoms with Gasteiger partial charge in [-0.1, -0.05) is 36.4 Å². The largest absolute Gasteiger partial charge is 0.634 e. The van der Waals surface area contributed by atoms with Crippen molar-refractivity contribution in [1.82, 2.24) is 0 Å². The maximum atomic E-state index is 11.9. The monoisotopic (exact) mass is 244 g/mol. The van der Waals surface area contributed by atoms with Crippen LogP contribution in [0, 0.1) is 10.4 Å². The molecule has 2 aromatic rings. The van der Waals surface area contributed by atoms with Crippen molar-refractivity contribution in [2.45, 2.75) is 12.1 Å². The molecular formula is C14H16N2O2. The summed E-state index contributed by atoms with van der Waals surface area (Å²) in [7, 11) is 3.15. The number of nitrogens with one attached hydrogen (secondary N) is 2. The standard InChI is InChI=1S/C14H16N2O2/c1-15(17)13-11-7-8-12(14(13)16(2)18)10-6-4-3-5-9(10)11/h3-8,13-16H,1-2H3. The first kappa shape index (κ1) is 11.6. The summed E-state index contributed by atoms with van der Waals surface area (Å²) in [6.45, 7) is 0. The molecule has 2 aliphatic carbocycles. The van der Waals surface area contributed by atoms with E-state index in [1.807, 2.05) is 36.4 Å². The minimum Gasteiger partial charge on any atom is -0.634 e. The van der Waals surface area contributed by atoms with Crippen LogP contribution >= 0.6 is 0 Å². The Hall–Kier alpha value is -1.46. The van der Waals surface area contributed by atoms with Crippen molar-refractivity contribution in [2.24, 2.45) is 0 Å². The summed E-state index contributed by atoms with van der Waals surface area (Å²) in [6.07, 6.45) is 0. The summed E-state index contributed by atoms with van der Waals surface area (Å²) < 4.78 is 0. The second-order valence-corrected chi connectivity index (χ2v) is 4.97. The molecule has 0 radical (unpaired) electrons. The van der Waals surface area contributed by atoms with E-state index in [-0.39, 0.29) is 22.2 Å². The SMILES string of the molecule is C[NH+]([O-])C1c2ccc(c3ccccc23)C1[NH+](C)[O-]. The summed E-state index contributed by atoms with van der Waals surface area (Å²) >= 11 is 0. The predicted octanol–water partition coefficient (Wildman–Crippen LogP) is -0.0394. The van der Waals surface area contributed by atoms with Gasteiger partial charge < -0.3 is 20.5 Å². The molecule has 4 atom stereocenters. The molecule has 4 rings (SSSR count). The number of rotatable bonds is 2. The zero-order chi connectivity index (χ0) is 12.9. The second kappa shape index (κ2) is 4.03. The van der Waals surface area contributed by atoms with E-state index in [0.717, 1.165) is 21.9 Å². The number of benzene rings is 2. The van der Waals surface area contributed by atoms with Crippen LogP contribution in [-0.4, -0.2) is 14.1 Å². The molecule has 4 unspecified atom stereocenters. The molecule has 0 aromatic heterocycles. The van der Waals surface area contributed by atoms with Crippen LogP contribution in [0.1, 0.15) is 23.2 Å². The topological polar surface area (TPSA) is 55.0 Å². The number of hydroxylamine groups is 4. The van der Waals surface area contributed by atoms with Crippen LogP contribution in [0.2, 0.25) is 0 Å². The Kier molecular flexibility index (Phi) is 2.60. The van der Waals surface area contributed by atoms with Crippen LogP contribution in [0.3, 0.4) is 0 Å². The van der Waals surface area contributed by atoms with Crippen molar-refractivity contribution in [3.63, 3.8) is 0 Å². The van der Waals surface area contributed by atoms with E-state index < -0.39 is 0 Å². The molecule has 2 aromatic carbocycles. The number of hydrogen-bond donors (Lipinski definition) is 2. The van der Waals surface area contributed by atoms with E-state index in [9.17, 15) is 10.4 Å². The van der Waals surface area contributed by atoms with Gasteiger partial charge in [0.25, 0.3) is 0 Å². The molecule has 0 fully saturated rings. The summed E-state index contributed by atoms with van der Waals surface area (Å²) in [5.41, 5.74) is 1.99. The lowest BCUT2D eigenvalue weighted by molar-refractivity contribution is -0.941. The maximum Gasteiger partial charge on any atom is 0.170 e. The molecule has 18 heavy (non-hydrogen) atoms. The van der Waals surface area contributed by atoms with Crippen molar-refractivity contribution in [2.75, 3.05) is 14.1 Å². The maximum absolute atomic E-state index is 11.9. The van der Waals surface area contributed by atoms with Crippen molar-refractivity contribution < 1.29 is 10.1 Å². The highest BCUT2D eigenvalue weighted by Crippen LogP contribution is 2.39.